The van der Waals surface area contributed by atoms with Crippen molar-refractivity contribution in [1.82, 2.24) is 0 Å². The molecule has 0 radical (unpaired) electrons. The summed E-state index contributed by atoms with van der Waals surface area (Å²) < 4.78 is 1.11. The molecule has 0 bridgehead atoms. The van der Waals surface area contributed by atoms with Crippen molar-refractivity contribution in [2.45, 2.75) is 19.8 Å². The molecular formula is C17H32N2O2+2. The van der Waals surface area contributed by atoms with Gasteiger partial charge in [-0.15, -0.1) is 4.65 Å². The number of allylic oxidation sites excluding steroid dienone is 2. The van der Waals surface area contributed by atoms with E-state index in [9.17, 15) is 4.79 Å². The van der Waals surface area contributed by atoms with Gasteiger partial charge in [-0.2, -0.15) is 0 Å². The van der Waals surface area contributed by atoms with Gasteiger partial charge in [0.1, 0.15) is 27.7 Å². The maximum atomic E-state index is 12.4. The van der Waals surface area contributed by atoms with Crippen LogP contribution in [0.1, 0.15) is 19.8 Å². The van der Waals surface area contributed by atoms with Gasteiger partial charge < -0.3 is 4.48 Å². The second-order valence-corrected chi connectivity index (χ2v) is 7.81. The zero-order valence-corrected chi connectivity index (χ0v) is 14.7. The van der Waals surface area contributed by atoms with Crippen molar-refractivity contribution in [3.63, 3.8) is 0 Å². The molecule has 120 valence electrons. The molecule has 0 saturated heterocycles. The zero-order valence-electron chi connectivity index (χ0n) is 14.7. The largest absolute Gasteiger partial charge is 0.370 e. The number of likely N-dealkylation sites (N-methyl/N-ethyl adjacent to an activating group) is 1. The van der Waals surface area contributed by atoms with Crippen molar-refractivity contribution in [2.24, 2.45) is 11.8 Å². The molecule has 0 amide bonds. The van der Waals surface area contributed by atoms with Gasteiger partial charge in [0, 0.05) is 5.57 Å². The molecule has 0 heterocycles. The lowest BCUT2D eigenvalue weighted by atomic mass is 9.83. The number of nitrogens with zero attached hydrogens (tertiary/aromatic N) is 2. The number of hydrogen-bond donors (Lipinski definition) is 0. The van der Waals surface area contributed by atoms with Gasteiger partial charge in [0.05, 0.1) is 27.1 Å². The Kier molecular flexibility index (Phi) is 5.76. The van der Waals surface area contributed by atoms with Crippen LogP contribution in [0.2, 0.25) is 0 Å². The van der Waals surface area contributed by atoms with Crippen molar-refractivity contribution < 1.29 is 18.8 Å². The van der Waals surface area contributed by atoms with Crippen LogP contribution in [0.3, 0.4) is 0 Å². The summed E-state index contributed by atoms with van der Waals surface area (Å²) in [6.07, 6.45) is 8.39. The average molecular weight is 296 g/mol. The number of carbonyl (C=O) groups excluding carboxylic acids is 1. The Morgan fingerprint density at radius 2 is 1.90 bits per heavy atom. The monoisotopic (exact) mass is 296 g/mol. The molecule has 4 heteroatoms. The molecule has 1 aliphatic rings. The Morgan fingerprint density at radius 3 is 2.38 bits per heavy atom. The van der Waals surface area contributed by atoms with Crippen molar-refractivity contribution in [3.05, 3.63) is 23.8 Å². The molecule has 4 nitrogen and oxygen atoms in total. The molecule has 0 N–H and O–H groups in total. The second-order valence-electron chi connectivity index (χ2n) is 7.81. The van der Waals surface area contributed by atoms with Crippen LogP contribution < -0.4 is 0 Å². The number of hydroxylamine groups is 3. The summed E-state index contributed by atoms with van der Waals surface area (Å²) in [6, 6.07) is 0. The summed E-state index contributed by atoms with van der Waals surface area (Å²) in [5.41, 5.74) is 1.32. The molecule has 1 aliphatic carbocycles. The van der Waals surface area contributed by atoms with Crippen LogP contribution in [0.4, 0.5) is 0 Å². The highest BCUT2D eigenvalue weighted by molar-refractivity contribution is 5.72. The van der Waals surface area contributed by atoms with Crippen molar-refractivity contribution >= 4 is 5.97 Å². The first-order chi connectivity index (χ1) is 9.52. The van der Waals surface area contributed by atoms with Crippen molar-refractivity contribution in [3.8, 4) is 0 Å². The third-order valence-electron chi connectivity index (χ3n) is 3.45. The summed E-state index contributed by atoms with van der Waals surface area (Å²) >= 11 is 0. The molecule has 0 saturated carbocycles. The van der Waals surface area contributed by atoms with Gasteiger partial charge in [-0.25, -0.2) is 4.79 Å². The van der Waals surface area contributed by atoms with E-state index in [4.69, 9.17) is 4.84 Å². The van der Waals surface area contributed by atoms with Gasteiger partial charge in [0.2, 0.25) is 0 Å². The molecule has 0 aliphatic heterocycles. The SMILES string of the molecule is CCC(C(=O)O[N+](C)(C)C)C1C=C(C[N+](C)(C)C)C=CC1. The molecule has 21 heavy (non-hydrogen) atoms. The minimum Gasteiger partial charge on any atom is -0.327 e. The second kappa shape index (κ2) is 6.75. The van der Waals surface area contributed by atoms with Crippen LogP contribution in [0.25, 0.3) is 0 Å². The number of carbonyl (C=O) groups is 1. The Hall–Kier alpha value is -1.13. The summed E-state index contributed by atoms with van der Waals surface area (Å²) in [5, 5.41) is 0. The molecule has 2 atom stereocenters. The van der Waals surface area contributed by atoms with Crippen LogP contribution in [0.15, 0.2) is 23.8 Å². The third kappa shape index (κ3) is 6.44. The van der Waals surface area contributed by atoms with E-state index in [1.807, 2.05) is 21.1 Å². The minimum absolute atomic E-state index is 0.0604. The number of rotatable bonds is 6. The zero-order chi connectivity index (χ0) is 16.3. The summed E-state index contributed by atoms with van der Waals surface area (Å²) in [5.74, 6) is 0.0986. The lowest BCUT2D eigenvalue weighted by Gasteiger charge is -2.29. The van der Waals surface area contributed by atoms with E-state index in [0.29, 0.717) is 0 Å². The van der Waals surface area contributed by atoms with E-state index in [1.54, 1.807) is 0 Å². The first-order valence-electron chi connectivity index (χ1n) is 7.74. The highest BCUT2D eigenvalue weighted by atomic mass is 16.7. The van der Waals surface area contributed by atoms with Gasteiger partial charge >= 0.3 is 5.97 Å². The molecule has 0 spiro atoms. The van der Waals surface area contributed by atoms with E-state index in [-0.39, 0.29) is 22.5 Å². The summed E-state index contributed by atoms with van der Waals surface area (Å²) in [4.78, 5) is 17.9. The molecular weight excluding hydrogens is 264 g/mol. The van der Waals surface area contributed by atoms with E-state index >= 15 is 0 Å². The fourth-order valence-electron chi connectivity index (χ4n) is 2.69. The van der Waals surface area contributed by atoms with Gasteiger partial charge in [0.15, 0.2) is 0 Å². The van der Waals surface area contributed by atoms with Crippen molar-refractivity contribution in [2.75, 3.05) is 48.8 Å². The van der Waals surface area contributed by atoms with Crippen LogP contribution >= 0.6 is 0 Å². The third-order valence-corrected chi connectivity index (χ3v) is 3.45. The first kappa shape index (κ1) is 17.9. The fraction of sp³-hybridized carbons (Fsp3) is 0.706. The van der Waals surface area contributed by atoms with E-state index < -0.39 is 0 Å². The lowest BCUT2D eigenvalue weighted by molar-refractivity contribution is -1.04. The van der Waals surface area contributed by atoms with Crippen LogP contribution in [0, 0.1) is 11.8 Å². The number of hydrogen-bond acceptors (Lipinski definition) is 2. The average Bonchev–Trinajstić information content (AvgIpc) is 2.25. The van der Waals surface area contributed by atoms with Crippen LogP contribution in [0.5, 0.6) is 0 Å². The Morgan fingerprint density at radius 1 is 1.29 bits per heavy atom. The van der Waals surface area contributed by atoms with Crippen LogP contribution in [-0.2, 0) is 9.63 Å². The minimum atomic E-state index is -0.0915. The topological polar surface area (TPSA) is 26.3 Å². The Bertz CT molecular complexity index is 425. The molecule has 0 fully saturated rings. The van der Waals surface area contributed by atoms with E-state index in [1.165, 1.54) is 5.57 Å². The van der Waals surface area contributed by atoms with Gasteiger partial charge in [-0.3, -0.25) is 4.84 Å². The quantitative estimate of drug-likeness (QED) is 0.556. The van der Waals surface area contributed by atoms with Crippen molar-refractivity contribution in [1.29, 1.82) is 0 Å². The normalized spacial score (nSPS) is 20.9. The van der Waals surface area contributed by atoms with Gasteiger partial charge in [0.25, 0.3) is 0 Å². The molecule has 0 aromatic rings. The predicted molar refractivity (Wildman–Crippen MR) is 86.1 cm³/mol. The molecule has 1 rings (SSSR count). The maximum absolute atomic E-state index is 12.4. The first-order valence-corrected chi connectivity index (χ1v) is 7.74. The van der Waals surface area contributed by atoms with E-state index in [2.05, 4.69) is 46.3 Å². The number of quaternary nitrogens is 2. The predicted octanol–water partition coefficient (Wildman–Crippen LogP) is 2.39. The van der Waals surface area contributed by atoms with E-state index in [0.717, 1.165) is 23.9 Å². The van der Waals surface area contributed by atoms with Gasteiger partial charge in [-0.05, 0) is 18.8 Å². The standard InChI is InChI=1S/C17H32N2O2/c1-8-16(17(20)21-19(5,6)7)15-11-9-10-14(12-15)13-18(2,3)4/h9-10,12,15-16H,8,11,13H2,1-7H3/q+2. The Balaban J connectivity index is 2.82. The molecule has 0 aromatic carbocycles. The maximum Gasteiger partial charge on any atom is 0.370 e. The Labute approximate surface area is 129 Å². The van der Waals surface area contributed by atoms with Crippen LogP contribution in [-0.4, -0.2) is 63.9 Å². The summed E-state index contributed by atoms with van der Waals surface area (Å²) in [6.45, 7) is 3.04. The molecule has 0 aromatic heterocycles. The highest BCUT2D eigenvalue weighted by Crippen LogP contribution is 2.28. The lowest BCUT2D eigenvalue weighted by Crippen LogP contribution is -2.40. The smallest absolute Gasteiger partial charge is 0.327 e. The van der Waals surface area contributed by atoms with Gasteiger partial charge in [-0.1, -0.05) is 25.2 Å². The summed E-state index contributed by atoms with van der Waals surface area (Å²) in [7, 11) is 12.1. The molecule has 2 unspecified atom stereocenters. The highest BCUT2D eigenvalue weighted by Gasteiger charge is 2.31. The fourth-order valence-corrected chi connectivity index (χ4v) is 2.69.